The molecule has 0 aliphatic carbocycles. The molecule has 0 spiro atoms. The largest absolute Gasteiger partial charge is 0.448 e. The van der Waals surface area contributed by atoms with Crippen molar-refractivity contribution in [2.45, 2.75) is 38.6 Å². The van der Waals surface area contributed by atoms with Gasteiger partial charge < -0.3 is 20.1 Å². The molecule has 144 valence electrons. The Morgan fingerprint density at radius 2 is 1.78 bits per heavy atom. The van der Waals surface area contributed by atoms with E-state index < -0.39 is 29.4 Å². The maximum Gasteiger partial charge on any atom is 0.409 e. The van der Waals surface area contributed by atoms with Gasteiger partial charge in [-0.05, 0) is 18.2 Å². The highest BCUT2D eigenvalue weighted by atomic mass is 16.6. The van der Waals surface area contributed by atoms with Crippen LogP contribution in [0.2, 0.25) is 0 Å². The van der Waals surface area contributed by atoms with Gasteiger partial charge in [0.05, 0.1) is 5.69 Å². The van der Waals surface area contributed by atoms with Crippen molar-refractivity contribution in [3.8, 4) is 5.75 Å². The second-order valence-corrected chi connectivity index (χ2v) is 6.52. The van der Waals surface area contributed by atoms with Gasteiger partial charge in [-0.1, -0.05) is 0 Å². The van der Waals surface area contributed by atoms with Gasteiger partial charge in [0.2, 0.25) is 17.6 Å². The second kappa shape index (κ2) is 5.95. The highest BCUT2D eigenvalue weighted by molar-refractivity contribution is 5.98. The van der Waals surface area contributed by atoms with E-state index >= 15 is 0 Å². The molecule has 3 rings (SSSR count). The van der Waals surface area contributed by atoms with Gasteiger partial charge in [-0.2, -0.15) is 0 Å². The zero-order chi connectivity index (χ0) is 20.1. The first-order chi connectivity index (χ1) is 12.5. The van der Waals surface area contributed by atoms with E-state index in [0.29, 0.717) is 11.3 Å². The number of ether oxygens (including phenoxy) is 2. The lowest BCUT2D eigenvalue weighted by Crippen LogP contribution is -2.72. The van der Waals surface area contributed by atoms with Crippen LogP contribution in [-0.2, 0) is 24.7 Å². The molecular weight excluding hydrogens is 356 g/mol. The Morgan fingerprint density at radius 3 is 2.30 bits per heavy atom. The summed E-state index contributed by atoms with van der Waals surface area (Å²) in [6, 6.07) is 4.38. The number of primary amides is 1. The van der Waals surface area contributed by atoms with E-state index in [-0.39, 0.29) is 24.6 Å². The first kappa shape index (κ1) is 18.6. The van der Waals surface area contributed by atoms with Crippen LogP contribution in [0.15, 0.2) is 18.2 Å². The topological polar surface area (TPSA) is 145 Å². The zero-order valence-electron chi connectivity index (χ0n) is 15.1. The van der Waals surface area contributed by atoms with E-state index in [9.17, 15) is 19.2 Å². The van der Waals surface area contributed by atoms with Crippen LogP contribution in [0.25, 0.3) is 0 Å². The molecule has 3 amide bonds. The van der Waals surface area contributed by atoms with Gasteiger partial charge in [0, 0.05) is 39.3 Å². The number of anilines is 1. The summed E-state index contributed by atoms with van der Waals surface area (Å²) < 4.78 is 10.6. The van der Waals surface area contributed by atoms with Crippen molar-refractivity contribution < 1.29 is 28.7 Å². The normalized spacial score (nSPS) is 25.6. The maximum absolute atomic E-state index is 12.5. The number of benzene rings is 1. The van der Waals surface area contributed by atoms with Crippen molar-refractivity contribution in [1.82, 2.24) is 4.90 Å². The summed E-state index contributed by atoms with van der Waals surface area (Å²) in [6.45, 7) is 4.00. The van der Waals surface area contributed by atoms with Gasteiger partial charge in [-0.3, -0.25) is 25.0 Å². The standard InChI is InChI=1S/C17H20N4O6/c1-9(22)20-7-6-16(27-11(3)24)13-8-12(26-15(18)25)4-5-14(13)21(10(2)23)17(16,20)19/h4-5,8H,6-7,19H2,1-3H3,(H2,18,25)/t16-,17+/m1/s1. The molecular formula is C17H20N4O6. The third kappa shape index (κ3) is 2.44. The molecule has 10 nitrogen and oxygen atoms in total. The van der Waals surface area contributed by atoms with Crippen LogP contribution >= 0.6 is 0 Å². The van der Waals surface area contributed by atoms with Crippen molar-refractivity contribution in [3.05, 3.63) is 23.8 Å². The van der Waals surface area contributed by atoms with Crippen molar-refractivity contribution in [2.24, 2.45) is 11.5 Å². The van der Waals surface area contributed by atoms with Gasteiger partial charge in [-0.25, -0.2) is 4.79 Å². The molecule has 0 saturated carbocycles. The smallest absolute Gasteiger partial charge is 0.409 e. The Kier molecular flexibility index (Phi) is 4.11. The average molecular weight is 376 g/mol. The van der Waals surface area contributed by atoms with Gasteiger partial charge in [0.25, 0.3) is 0 Å². The second-order valence-electron chi connectivity index (χ2n) is 6.52. The van der Waals surface area contributed by atoms with Crippen LogP contribution < -0.4 is 21.1 Å². The highest BCUT2D eigenvalue weighted by Gasteiger charge is 2.71. The number of likely N-dealkylation sites (tertiary alicyclic amines) is 1. The molecule has 10 heteroatoms. The number of rotatable bonds is 2. The fraction of sp³-hybridized carbons (Fsp3) is 0.412. The number of amides is 3. The Bertz CT molecular complexity index is 871. The number of carbonyl (C=O) groups excluding carboxylic acids is 4. The molecule has 2 aliphatic heterocycles. The molecule has 0 aromatic heterocycles. The fourth-order valence-electron chi connectivity index (χ4n) is 4.11. The van der Waals surface area contributed by atoms with E-state index in [4.69, 9.17) is 20.9 Å². The van der Waals surface area contributed by atoms with E-state index in [1.165, 1.54) is 48.8 Å². The minimum Gasteiger partial charge on any atom is -0.448 e. The van der Waals surface area contributed by atoms with Crippen LogP contribution in [0.3, 0.4) is 0 Å². The number of fused-ring (bicyclic) bond motifs is 3. The number of esters is 1. The number of hydrogen-bond acceptors (Lipinski definition) is 7. The first-order valence-electron chi connectivity index (χ1n) is 8.24. The Hall–Kier alpha value is -3.14. The molecule has 2 aliphatic rings. The molecule has 27 heavy (non-hydrogen) atoms. The predicted octanol–water partition coefficient (Wildman–Crippen LogP) is 0.134. The molecule has 0 unspecified atom stereocenters. The van der Waals surface area contributed by atoms with Crippen molar-refractivity contribution in [2.75, 3.05) is 11.4 Å². The van der Waals surface area contributed by atoms with Crippen LogP contribution in [0, 0.1) is 0 Å². The van der Waals surface area contributed by atoms with E-state index in [1.54, 1.807) is 0 Å². The van der Waals surface area contributed by atoms with Crippen molar-refractivity contribution in [3.63, 3.8) is 0 Å². The molecule has 2 heterocycles. The Morgan fingerprint density at radius 1 is 1.11 bits per heavy atom. The Labute approximate surface area is 155 Å². The quantitative estimate of drug-likeness (QED) is 0.698. The summed E-state index contributed by atoms with van der Waals surface area (Å²) >= 11 is 0. The summed E-state index contributed by atoms with van der Waals surface area (Å²) in [5.74, 6) is -3.09. The summed E-state index contributed by atoms with van der Waals surface area (Å²) in [7, 11) is 0. The SMILES string of the molecule is CC(=O)O[C@@]12CCN(C(C)=O)[C@]1(N)N(C(C)=O)c1ccc(OC(N)=O)cc12. The first-order valence-corrected chi connectivity index (χ1v) is 8.24. The lowest BCUT2D eigenvalue weighted by molar-refractivity contribution is -0.172. The third-order valence-corrected chi connectivity index (χ3v) is 4.91. The van der Waals surface area contributed by atoms with Gasteiger partial charge >= 0.3 is 12.1 Å². The average Bonchev–Trinajstić information content (AvgIpc) is 2.91. The molecule has 1 saturated heterocycles. The molecule has 0 radical (unpaired) electrons. The van der Waals surface area contributed by atoms with E-state index in [1.807, 2.05) is 0 Å². The minimum atomic E-state index is -1.75. The van der Waals surface area contributed by atoms with Gasteiger partial charge in [-0.15, -0.1) is 0 Å². The van der Waals surface area contributed by atoms with Crippen LogP contribution in [0.4, 0.5) is 10.5 Å². The highest BCUT2D eigenvalue weighted by Crippen LogP contribution is 2.57. The third-order valence-electron chi connectivity index (χ3n) is 4.91. The summed E-state index contributed by atoms with van der Waals surface area (Å²) in [5, 5.41) is 0. The zero-order valence-corrected chi connectivity index (χ0v) is 15.1. The minimum absolute atomic E-state index is 0.0989. The fourth-order valence-corrected chi connectivity index (χ4v) is 4.11. The molecule has 1 fully saturated rings. The monoisotopic (exact) mass is 376 g/mol. The molecule has 1 aromatic rings. The summed E-state index contributed by atoms with van der Waals surface area (Å²) in [5.41, 5.74) is 10.9. The molecule has 0 bridgehead atoms. The van der Waals surface area contributed by atoms with Crippen LogP contribution in [0.1, 0.15) is 32.8 Å². The van der Waals surface area contributed by atoms with Crippen molar-refractivity contribution in [1.29, 1.82) is 0 Å². The summed E-state index contributed by atoms with van der Waals surface area (Å²) in [6.07, 6.45) is -0.854. The van der Waals surface area contributed by atoms with Crippen molar-refractivity contribution >= 4 is 29.6 Å². The lowest BCUT2D eigenvalue weighted by atomic mass is 9.89. The summed E-state index contributed by atoms with van der Waals surface area (Å²) in [4.78, 5) is 50.3. The predicted molar refractivity (Wildman–Crippen MR) is 92.2 cm³/mol. The maximum atomic E-state index is 12.5. The Balaban J connectivity index is 2.30. The van der Waals surface area contributed by atoms with E-state index in [2.05, 4.69) is 0 Å². The van der Waals surface area contributed by atoms with Crippen LogP contribution in [0.5, 0.6) is 5.75 Å². The number of nitrogens with zero attached hydrogens (tertiary/aromatic N) is 2. The van der Waals surface area contributed by atoms with Gasteiger partial charge in [0.15, 0.2) is 5.60 Å². The number of hydrogen-bond donors (Lipinski definition) is 2. The molecule has 2 atom stereocenters. The number of carbonyl (C=O) groups is 4. The molecule has 4 N–H and O–H groups in total. The van der Waals surface area contributed by atoms with Crippen LogP contribution in [-0.4, -0.2) is 41.1 Å². The lowest BCUT2D eigenvalue weighted by Gasteiger charge is -2.45. The van der Waals surface area contributed by atoms with E-state index in [0.717, 1.165) is 0 Å². The molecule has 1 aromatic carbocycles. The van der Waals surface area contributed by atoms with Gasteiger partial charge in [0.1, 0.15) is 5.75 Å². The number of nitrogens with two attached hydrogens (primary N) is 2.